The molecule has 6 rings (SSSR count). The summed E-state index contributed by atoms with van der Waals surface area (Å²) in [5.41, 5.74) is -20.3. The number of methoxy groups -OCH3 is 1. The van der Waals surface area contributed by atoms with Crippen LogP contribution >= 0.6 is 0 Å². The lowest BCUT2D eigenvalue weighted by molar-refractivity contribution is -0.514. The van der Waals surface area contributed by atoms with Crippen LogP contribution in [0.5, 0.6) is 28.7 Å². The summed E-state index contributed by atoms with van der Waals surface area (Å²) in [6, 6.07) is 2.42. The lowest BCUT2D eigenvalue weighted by Crippen LogP contribution is -2.54. The Bertz CT molecular complexity index is 3360. The van der Waals surface area contributed by atoms with Gasteiger partial charge in [-0.15, -0.1) is 0 Å². The molecule has 0 radical (unpaired) electrons. The SMILES string of the molecule is COc1ccc(C(c2ccc(Oc3c(F)c(F)c(-c4c(F)c(F)c(OCC(F)(F)OC(F)(F)C(F)(F)OC(F)(F)COc5c(F)c(F)c(-c6c(F)c(F)c(C)c(F)c6F)c(F)c5F)c(F)c4F)c(F)c3F)cc2)(C(F)(F)F)C(F)(F)F)cc1. The normalized spacial score (nSPS) is 13.0. The molecule has 0 fully saturated rings. The largest absolute Gasteiger partial charge is 0.497 e. The Morgan fingerprint density at radius 2 is 0.578 bits per heavy atom. The van der Waals surface area contributed by atoms with Crippen molar-refractivity contribution in [1.29, 1.82) is 0 Å². The van der Waals surface area contributed by atoms with Crippen LogP contribution in [-0.4, -0.2) is 57.1 Å². The maximum atomic E-state index is 15.4. The van der Waals surface area contributed by atoms with Gasteiger partial charge in [-0.05, 0) is 42.3 Å². The van der Waals surface area contributed by atoms with Crippen molar-refractivity contribution in [1.82, 2.24) is 0 Å². The van der Waals surface area contributed by atoms with E-state index in [1.165, 1.54) is 0 Å². The fourth-order valence-electron chi connectivity index (χ4n) is 7.38. The minimum atomic E-state index is -7.25. The zero-order valence-corrected chi connectivity index (χ0v) is 39.3. The summed E-state index contributed by atoms with van der Waals surface area (Å²) in [7, 11) is 1.01. The molecule has 0 amide bonds. The summed E-state index contributed by atoms with van der Waals surface area (Å²) >= 11 is 0. The molecule has 36 heteroatoms. The minimum Gasteiger partial charge on any atom is -0.497 e. The second-order valence-corrected chi connectivity index (χ2v) is 16.3. The summed E-state index contributed by atoms with van der Waals surface area (Å²) in [5.74, 6) is -57.8. The van der Waals surface area contributed by atoms with E-state index < -0.39 is 210 Å². The highest BCUT2D eigenvalue weighted by molar-refractivity contribution is 5.70. The maximum Gasteiger partial charge on any atom is 0.453 e. The second-order valence-electron chi connectivity index (χ2n) is 16.3. The summed E-state index contributed by atoms with van der Waals surface area (Å²) in [6.07, 6.45) is -39.5. The van der Waals surface area contributed by atoms with E-state index in [0.717, 1.165) is 7.11 Å². The first kappa shape index (κ1) is 64.5. The van der Waals surface area contributed by atoms with Crippen molar-refractivity contribution in [2.75, 3.05) is 20.3 Å². The zero-order chi connectivity index (χ0) is 63.0. The Labute approximate surface area is 438 Å². The van der Waals surface area contributed by atoms with Crippen molar-refractivity contribution in [3.05, 3.63) is 158 Å². The third kappa shape index (κ3) is 11.3. The molecule has 0 N–H and O–H groups in total. The van der Waals surface area contributed by atoms with Gasteiger partial charge in [-0.3, -0.25) is 0 Å². The molecule has 0 unspecified atom stereocenters. The molecule has 83 heavy (non-hydrogen) atoms. The smallest absolute Gasteiger partial charge is 0.453 e. The molecule has 0 bridgehead atoms. The Morgan fingerprint density at radius 3 is 0.843 bits per heavy atom. The molecular weight excluding hydrogens is 1230 g/mol. The van der Waals surface area contributed by atoms with Gasteiger partial charge in [0.05, 0.1) is 29.4 Å². The van der Waals surface area contributed by atoms with Gasteiger partial charge in [0, 0.05) is 5.56 Å². The number of hydrogen-bond donors (Lipinski definition) is 0. The van der Waals surface area contributed by atoms with E-state index in [1.54, 1.807) is 0 Å². The molecule has 6 aromatic carbocycles. The van der Waals surface area contributed by atoms with Crippen LogP contribution in [0.2, 0.25) is 0 Å². The van der Waals surface area contributed by atoms with Crippen molar-refractivity contribution in [2.45, 2.75) is 49.1 Å². The minimum absolute atomic E-state index is 0.0110. The van der Waals surface area contributed by atoms with Gasteiger partial charge in [0.1, 0.15) is 11.5 Å². The lowest BCUT2D eigenvalue weighted by atomic mass is 9.73. The van der Waals surface area contributed by atoms with Gasteiger partial charge in [-0.25, -0.2) is 53.4 Å². The van der Waals surface area contributed by atoms with Crippen LogP contribution in [0.3, 0.4) is 0 Å². The van der Waals surface area contributed by atoms with E-state index in [2.05, 4.69) is 23.7 Å². The standard InChI is InChI=1S/C47H18F30O6/c1-13-22(48)24(50)18(25(51)23(13)49)19-26(52)32(58)38(33(59)27(19)53)79-11-41(64,65)82-46(74,75)47(76,77)83-42(66,67)12-80-39-34(60)28(54)20(29(55)35(39)61)21-30(56)36(62)40(37(63)31(21)57)81-17-9-5-15(6-10-17)43(44(68,69)70,45(71,72)73)14-3-7-16(78-2)8-4-14/h3-10H,11-12H2,1-2H3. The molecule has 0 aliphatic rings. The van der Waals surface area contributed by atoms with Gasteiger partial charge in [-0.2, -0.15) is 87.8 Å². The number of alkyl halides is 14. The number of benzene rings is 6. The average Bonchev–Trinajstić information content (AvgIpc) is 2.48. The molecule has 0 atom stereocenters. The van der Waals surface area contributed by atoms with Crippen LogP contribution in [0.1, 0.15) is 16.7 Å². The van der Waals surface area contributed by atoms with Crippen LogP contribution in [0, 0.1) is 100.0 Å². The number of rotatable bonds is 18. The Morgan fingerprint density at radius 1 is 0.325 bits per heavy atom. The monoisotopic (exact) mass is 1250 g/mol. The Hall–Kier alpha value is -7.66. The third-order valence-corrected chi connectivity index (χ3v) is 11.2. The zero-order valence-electron chi connectivity index (χ0n) is 39.3. The van der Waals surface area contributed by atoms with E-state index in [-0.39, 0.29) is 30.0 Å². The first-order valence-electron chi connectivity index (χ1n) is 21.1. The molecule has 452 valence electrons. The number of hydrogen-bond acceptors (Lipinski definition) is 6. The van der Waals surface area contributed by atoms with Crippen molar-refractivity contribution in [2.24, 2.45) is 0 Å². The molecule has 6 aromatic rings. The van der Waals surface area contributed by atoms with E-state index in [4.69, 9.17) is 4.74 Å². The van der Waals surface area contributed by atoms with Crippen LogP contribution in [0.25, 0.3) is 22.3 Å². The fourth-order valence-corrected chi connectivity index (χ4v) is 7.38. The topological polar surface area (TPSA) is 55.4 Å². The predicted octanol–water partition coefficient (Wildman–Crippen LogP) is 16.6. The highest BCUT2D eigenvalue weighted by Crippen LogP contribution is 2.57. The molecular formula is C47H18F30O6. The highest BCUT2D eigenvalue weighted by Gasteiger charge is 2.73. The molecule has 0 aromatic heterocycles. The maximum absolute atomic E-state index is 15.4. The van der Waals surface area contributed by atoms with Crippen LogP contribution in [-0.2, 0) is 14.9 Å². The molecule has 0 saturated carbocycles. The second kappa shape index (κ2) is 22.2. The summed E-state index contributed by atoms with van der Waals surface area (Å²) in [4.78, 5) is 0. The first-order valence-corrected chi connectivity index (χ1v) is 21.1. The fraction of sp³-hybridized carbons (Fsp3) is 0.234. The molecule has 0 aliphatic heterocycles. The summed E-state index contributed by atoms with van der Waals surface area (Å²) < 4.78 is 460. The van der Waals surface area contributed by atoms with E-state index in [1.807, 2.05) is 0 Å². The molecule has 0 heterocycles. The third-order valence-electron chi connectivity index (χ3n) is 11.2. The Kier molecular flexibility index (Phi) is 17.2. The number of ether oxygens (including phenoxy) is 6. The van der Waals surface area contributed by atoms with Crippen LogP contribution in [0.15, 0.2) is 48.5 Å². The van der Waals surface area contributed by atoms with Gasteiger partial charge in [0.15, 0.2) is 82.9 Å². The Balaban J connectivity index is 1.20. The van der Waals surface area contributed by atoms with Gasteiger partial charge < -0.3 is 18.9 Å². The summed E-state index contributed by atoms with van der Waals surface area (Å²) in [6.45, 7) is -6.40. The van der Waals surface area contributed by atoms with Crippen molar-refractivity contribution in [3.63, 3.8) is 0 Å². The van der Waals surface area contributed by atoms with Crippen molar-refractivity contribution < 1.29 is 160 Å². The van der Waals surface area contributed by atoms with Gasteiger partial charge in [0.2, 0.25) is 46.1 Å². The lowest BCUT2D eigenvalue weighted by Gasteiger charge is -2.38. The first-order chi connectivity index (χ1) is 37.9. The quantitative estimate of drug-likeness (QED) is 0.0631. The van der Waals surface area contributed by atoms with E-state index in [9.17, 15) is 96.6 Å². The van der Waals surface area contributed by atoms with Gasteiger partial charge in [-0.1, -0.05) is 24.3 Å². The number of halogens is 30. The molecule has 6 nitrogen and oxygen atoms in total. The average molecular weight is 1250 g/mol. The van der Waals surface area contributed by atoms with Crippen molar-refractivity contribution in [3.8, 4) is 51.0 Å². The molecule has 0 saturated heterocycles. The van der Waals surface area contributed by atoms with Gasteiger partial charge >= 0.3 is 36.8 Å². The molecule has 0 aliphatic carbocycles. The molecule has 0 spiro atoms. The van der Waals surface area contributed by atoms with Crippen LogP contribution in [0.4, 0.5) is 132 Å². The van der Waals surface area contributed by atoms with E-state index >= 15 is 35.1 Å². The van der Waals surface area contributed by atoms with Crippen molar-refractivity contribution >= 4 is 0 Å². The van der Waals surface area contributed by atoms with Gasteiger partial charge in [0.25, 0.3) is 0 Å². The van der Waals surface area contributed by atoms with E-state index in [0.29, 0.717) is 31.2 Å². The predicted molar refractivity (Wildman–Crippen MR) is 213 cm³/mol. The summed E-state index contributed by atoms with van der Waals surface area (Å²) in [5, 5.41) is 0. The highest BCUT2D eigenvalue weighted by atomic mass is 19.4. The van der Waals surface area contributed by atoms with Crippen LogP contribution < -0.4 is 18.9 Å².